The van der Waals surface area contributed by atoms with Crippen molar-refractivity contribution in [3.8, 4) is 23.0 Å². The Morgan fingerprint density at radius 3 is 0.925 bits per heavy atom. The molecule has 0 radical (unpaired) electrons. The van der Waals surface area contributed by atoms with Crippen molar-refractivity contribution in [1.29, 1.82) is 0 Å². The minimum Gasteiger partial charge on any atom is -0.587 e. The van der Waals surface area contributed by atoms with Gasteiger partial charge in [-0.15, -0.1) is 72.0 Å². The summed E-state index contributed by atoms with van der Waals surface area (Å²) in [7, 11) is -7.43. The molecule has 0 heterocycles. The van der Waals surface area contributed by atoms with Crippen LogP contribution in [0.2, 0.25) is 72.5 Å². The molecule has 0 atom stereocenters. The number of benzene rings is 2. The molecule has 4 aromatic rings. The van der Waals surface area contributed by atoms with E-state index in [1.54, 1.807) is 0 Å². The summed E-state index contributed by atoms with van der Waals surface area (Å²) in [6, 6.07) is 21.2. The number of hydrogen-bond donors (Lipinski definition) is 0. The maximum absolute atomic E-state index is 6.58. The summed E-state index contributed by atoms with van der Waals surface area (Å²) < 4.78 is 26.3. The minimum absolute atomic E-state index is 0. The predicted molar refractivity (Wildman–Crippen MR) is 245 cm³/mol. The molecule has 53 heavy (non-hydrogen) atoms. The second kappa shape index (κ2) is 17.8. The summed E-state index contributed by atoms with van der Waals surface area (Å²) >= 11 is 0. The van der Waals surface area contributed by atoms with Crippen LogP contribution in [0.15, 0.2) is 60.7 Å². The van der Waals surface area contributed by atoms with E-state index in [1.165, 1.54) is 21.5 Å². The molecule has 0 bridgehead atoms. The van der Waals surface area contributed by atoms with Gasteiger partial charge in [0.15, 0.2) is 0 Å². The molecule has 0 saturated carbocycles. The molecule has 0 aliphatic rings. The van der Waals surface area contributed by atoms with Gasteiger partial charge in [-0.25, -0.2) is 0 Å². The van der Waals surface area contributed by atoms with Gasteiger partial charge >= 0.3 is 26.2 Å². The van der Waals surface area contributed by atoms with Crippen LogP contribution in [0.3, 0.4) is 0 Å². The van der Waals surface area contributed by atoms with Gasteiger partial charge in [0.25, 0.3) is 0 Å². The molecule has 0 amide bonds. The van der Waals surface area contributed by atoms with Gasteiger partial charge < -0.3 is 17.7 Å². The van der Waals surface area contributed by atoms with E-state index < -0.39 is 33.3 Å². The van der Waals surface area contributed by atoms with E-state index in [0.29, 0.717) is 0 Å². The van der Waals surface area contributed by atoms with Crippen LogP contribution in [-0.2, 0) is 26.2 Å². The van der Waals surface area contributed by atoms with E-state index in [0.717, 1.165) is 23.0 Å². The number of halogens is 2. The van der Waals surface area contributed by atoms with Crippen molar-refractivity contribution in [2.45, 2.75) is 156 Å². The van der Waals surface area contributed by atoms with Gasteiger partial charge in [0.1, 0.15) is 0 Å². The number of hydrogen-bond acceptors (Lipinski definition) is 4. The molecule has 0 aliphatic carbocycles. The minimum atomic E-state index is -1.86. The molecule has 0 unspecified atom stereocenters. The van der Waals surface area contributed by atoms with Gasteiger partial charge in [0.2, 0.25) is 33.3 Å². The second-order valence-corrected chi connectivity index (χ2v) is 39.2. The fraction of sp³-hybridized carbons (Fsp3) is 0.571. The summed E-state index contributed by atoms with van der Waals surface area (Å²) in [5.74, 6) is 3.99. The van der Waals surface area contributed by atoms with E-state index >= 15 is 0 Å². The Hall–Kier alpha value is -0.809. The van der Waals surface area contributed by atoms with Gasteiger partial charge in [0.05, 0.1) is 11.5 Å². The van der Waals surface area contributed by atoms with Crippen LogP contribution in [0.25, 0.3) is 21.5 Å². The van der Waals surface area contributed by atoms with Crippen molar-refractivity contribution in [3.63, 3.8) is 0 Å². The average molecular weight is 916 g/mol. The number of rotatable bonds is 8. The summed E-state index contributed by atoms with van der Waals surface area (Å²) in [4.78, 5) is 0. The van der Waals surface area contributed by atoms with Crippen LogP contribution in [-0.4, -0.2) is 33.3 Å². The molecule has 298 valence electrons. The fourth-order valence-electron chi connectivity index (χ4n) is 4.43. The molecule has 0 aromatic heterocycles. The van der Waals surface area contributed by atoms with Crippen molar-refractivity contribution in [1.82, 2.24) is 0 Å². The molecule has 4 nitrogen and oxygen atoms in total. The van der Waals surface area contributed by atoms with Crippen LogP contribution in [0.4, 0.5) is 0 Å². The third-order valence-electron chi connectivity index (χ3n) is 12.2. The van der Waals surface area contributed by atoms with Crippen LogP contribution in [0, 0.1) is 0 Å². The summed E-state index contributed by atoms with van der Waals surface area (Å²) in [5.41, 5.74) is 0. The van der Waals surface area contributed by atoms with E-state index in [4.69, 9.17) is 17.7 Å². The Kier molecular flexibility index (Phi) is 17.5. The van der Waals surface area contributed by atoms with Gasteiger partial charge in [-0.05, 0) is 84.7 Å². The zero-order valence-corrected chi connectivity index (χ0v) is 44.8. The summed E-state index contributed by atoms with van der Waals surface area (Å²) in [6.45, 7) is 45.6. The van der Waals surface area contributed by atoms with Crippen molar-refractivity contribution in [3.05, 3.63) is 60.7 Å². The Bertz CT molecular complexity index is 1640. The average Bonchev–Trinajstić information content (AvgIpc) is 3.51. The molecule has 11 heteroatoms. The first-order valence-electron chi connectivity index (χ1n) is 18.4. The van der Waals surface area contributed by atoms with E-state index in [-0.39, 0.29) is 71.2 Å². The maximum atomic E-state index is 6.58. The Labute approximate surface area is 360 Å². The monoisotopic (exact) mass is 912 g/mol. The second-order valence-electron chi connectivity index (χ2n) is 20.3. The maximum Gasteiger partial charge on any atom is 2.00 e. The third kappa shape index (κ3) is 12.1. The largest absolute Gasteiger partial charge is 2.00 e. The molecule has 0 spiro atoms. The first-order chi connectivity index (χ1) is 22.3. The van der Waals surface area contributed by atoms with Crippen LogP contribution < -0.4 is 17.7 Å². The summed E-state index contributed by atoms with van der Waals surface area (Å²) in [5, 5.41) is 5.41. The zero-order chi connectivity index (χ0) is 38.5. The molecule has 0 fully saturated rings. The quantitative estimate of drug-likeness (QED) is 0.130. The Balaban J connectivity index is 0.000000966. The number of fused-ring (bicyclic) bond motifs is 2. The summed E-state index contributed by atoms with van der Waals surface area (Å²) in [6.07, 6.45) is 0. The van der Waals surface area contributed by atoms with E-state index in [1.807, 2.05) is 0 Å². The third-order valence-corrected chi connectivity index (χ3v) is 29.5. The molecule has 4 rings (SSSR count). The molecule has 0 N–H and O–H groups in total. The topological polar surface area (TPSA) is 36.9 Å². The van der Waals surface area contributed by atoms with Gasteiger partial charge in [-0.2, -0.15) is 12.1 Å². The first-order valence-corrected chi connectivity index (χ1v) is 30.1. The molecule has 4 aromatic carbocycles. The molecule has 0 saturated heterocycles. The van der Waals surface area contributed by atoms with Gasteiger partial charge in [0, 0.05) is 11.5 Å². The van der Waals surface area contributed by atoms with E-state index in [9.17, 15) is 0 Å². The van der Waals surface area contributed by atoms with Crippen LogP contribution in [0.1, 0.15) is 83.1 Å². The SMILES string of the molecule is CC(C)(C)[Si](C)(C)Oc1cccc2c1cc[c-]2O[Si](C)(C)C(C)(C)C.CC(C)(C)[Si](C)(C)Oc1cccc2c1cc[c-]2O[Si](C)(C)C(C)(C)C.Cl.Cl.[Zr+2]. The molecular weight excluding hydrogens is 843 g/mol. The molecular formula is C42H72Cl2O4Si4Zr. The van der Waals surface area contributed by atoms with Crippen molar-refractivity contribution < 1.29 is 43.9 Å². The zero-order valence-electron chi connectivity index (χ0n) is 36.7. The van der Waals surface area contributed by atoms with Crippen molar-refractivity contribution in [2.75, 3.05) is 0 Å². The normalized spacial score (nSPS) is 13.2. The van der Waals surface area contributed by atoms with Gasteiger partial charge in [-0.3, -0.25) is 0 Å². The Morgan fingerprint density at radius 2 is 0.679 bits per heavy atom. The Morgan fingerprint density at radius 1 is 0.415 bits per heavy atom. The first kappa shape index (κ1) is 52.2. The standard InChI is InChI=1S/2C21H35O2Si2.2ClH.Zr/c2*1-20(2,3)24(7,8)22-18-13-11-12-16-17(18)14-15-19(16)23-25(9,10)21(4,5)6;;;/h2*11-15H,1-10H3;2*1H;/q2*-1;;;+2. The van der Waals surface area contributed by atoms with Crippen LogP contribution >= 0.6 is 24.8 Å². The fourth-order valence-corrected chi connectivity index (χ4v) is 8.56. The van der Waals surface area contributed by atoms with Crippen molar-refractivity contribution in [2.24, 2.45) is 0 Å². The van der Waals surface area contributed by atoms with Gasteiger partial charge in [-0.1, -0.05) is 93.9 Å². The van der Waals surface area contributed by atoms with Crippen LogP contribution in [0.5, 0.6) is 23.0 Å². The molecule has 0 aliphatic heterocycles. The smallest absolute Gasteiger partial charge is 0.587 e. The predicted octanol–water partition coefficient (Wildman–Crippen LogP) is 15.5. The van der Waals surface area contributed by atoms with E-state index in [2.05, 4.69) is 196 Å². The van der Waals surface area contributed by atoms with Crippen molar-refractivity contribution >= 4 is 79.6 Å².